The van der Waals surface area contributed by atoms with Gasteiger partial charge in [0.1, 0.15) is 0 Å². The molecule has 1 aliphatic heterocycles. The quantitative estimate of drug-likeness (QED) is 0.737. The first-order valence-electron chi connectivity index (χ1n) is 7.01. The molecule has 0 aromatic heterocycles. The van der Waals surface area contributed by atoms with Crippen molar-refractivity contribution < 1.29 is 4.79 Å². The van der Waals surface area contributed by atoms with Crippen molar-refractivity contribution >= 4 is 5.91 Å². The van der Waals surface area contributed by atoms with Gasteiger partial charge in [-0.3, -0.25) is 4.79 Å². The second kappa shape index (κ2) is 6.37. The molecule has 3 nitrogen and oxygen atoms in total. The Hall–Kier alpha value is -0.830. The van der Waals surface area contributed by atoms with Crippen LogP contribution in [0.1, 0.15) is 47.0 Å². The first-order valence-corrected chi connectivity index (χ1v) is 7.01. The molecule has 0 spiro atoms. The summed E-state index contributed by atoms with van der Waals surface area (Å²) in [6.07, 6.45) is 3.06. The van der Waals surface area contributed by atoms with Crippen molar-refractivity contribution in [3.63, 3.8) is 0 Å². The average Bonchev–Trinajstić information content (AvgIpc) is 2.56. The number of carbonyl (C=O) groups is 1. The third kappa shape index (κ3) is 5.21. The van der Waals surface area contributed by atoms with Crippen LogP contribution < -0.4 is 5.32 Å². The number of amides is 1. The molecule has 1 atom stereocenters. The molecule has 1 saturated heterocycles. The van der Waals surface area contributed by atoms with Gasteiger partial charge >= 0.3 is 0 Å². The van der Waals surface area contributed by atoms with Crippen LogP contribution in [-0.4, -0.2) is 36.0 Å². The first-order chi connectivity index (χ1) is 8.31. The largest absolute Gasteiger partial charge is 0.338 e. The van der Waals surface area contributed by atoms with E-state index in [1.165, 1.54) is 0 Å². The topological polar surface area (TPSA) is 32.3 Å². The van der Waals surface area contributed by atoms with E-state index < -0.39 is 0 Å². The summed E-state index contributed by atoms with van der Waals surface area (Å²) in [5.41, 5.74) is 1.19. The van der Waals surface area contributed by atoms with E-state index >= 15 is 0 Å². The lowest BCUT2D eigenvalue weighted by Crippen LogP contribution is -2.39. The van der Waals surface area contributed by atoms with Crippen molar-refractivity contribution in [2.45, 2.75) is 52.5 Å². The number of hydrogen-bond acceptors (Lipinski definition) is 2. The second-order valence-corrected chi connectivity index (χ2v) is 6.49. The molecule has 1 N–H and O–H groups in total. The van der Waals surface area contributed by atoms with Gasteiger partial charge in [-0.1, -0.05) is 19.9 Å². The average molecular weight is 252 g/mol. The van der Waals surface area contributed by atoms with Crippen molar-refractivity contribution in [3.05, 3.63) is 12.2 Å². The Morgan fingerprint density at radius 2 is 2.17 bits per heavy atom. The van der Waals surface area contributed by atoms with Gasteiger partial charge in [-0.15, -0.1) is 0 Å². The molecule has 0 aromatic rings. The van der Waals surface area contributed by atoms with Crippen molar-refractivity contribution in [2.75, 3.05) is 19.6 Å². The first kappa shape index (κ1) is 15.2. The molecule has 104 valence electrons. The maximum Gasteiger partial charge on any atom is 0.223 e. The Kier molecular flexibility index (Phi) is 5.39. The number of likely N-dealkylation sites (tertiary alicyclic amines) is 1. The zero-order valence-corrected chi connectivity index (χ0v) is 12.4. The fourth-order valence-electron chi connectivity index (χ4n) is 2.32. The Morgan fingerprint density at radius 3 is 2.72 bits per heavy atom. The standard InChI is InChI=1S/C15H28N2O/c1-6-7-13-8-14(18)17(11-13)10-12(2)9-16-15(3,4)5/h13,16H,2,6-11H2,1,3-5H3. The second-order valence-electron chi connectivity index (χ2n) is 6.49. The summed E-state index contributed by atoms with van der Waals surface area (Å²) in [6.45, 7) is 15.1. The Labute approximate surface area is 112 Å². The molecule has 1 unspecified atom stereocenters. The molecule has 0 bridgehead atoms. The summed E-state index contributed by atoms with van der Waals surface area (Å²) < 4.78 is 0. The van der Waals surface area contributed by atoms with Gasteiger partial charge in [0.15, 0.2) is 0 Å². The summed E-state index contributed by atoms with van der Waals surface area (Å²) in [4.78, 5) is 13.8. The number of carbonyl (C=O) groups excluding carboxylic acids is 1. The van der Waals surface area contributed by atoms with Crippen molar-refractivity contribution in [2.24, 2.45) is 5.92 Å². The zero-order valence-electron chi connectivity index (χ0n) is 12.4. The molecule has 0 aromatic carbocycles. The molecule has 3 heteroatoms. The lowest BCUT2D eigenvalue weighted by molar-refractivity contribution is -0.127. The predicted octanol–water partition coefficient (Wildman–Crippen LogP) is 2.58. The Balaban J connectivity index is 2.34. The maximum atomic E-state index is 11.9. The van der Waals surface area contributed by atoms with E-state index in [0.717, 1.165) is 37.9 Å². The molecule has 1 amide bonds. The van der Waals surface area contributed by atoms with Crippen LogP contribution in [-0.2, 0) is 4.79 Å². The minimum Gasteiger partial charge on any atom is -0.338 e. The SMILES string of the molecule is C=C(CNC(C)(C)C)CN1CC(CCC)CC1=O. The van der Waals surface area contributed by atoms with Crippen LogP contribution >= 0.6 is 0 Å². The van der Waals surface area contributed by atoms with Crippen LogP contribution in [0.2, 0.25) is 0 Å². The third-order valence-electron chi connectivity index (χ3n) is 3.27. The fourth-order valence-corrected chi connectivity index (χ4v) is 2.32. The van der Waals surface area contributed by atoms with Crippen molar-refractivity contribution in [1.29, 1.82) is 0 Å². The van der Waals surface area contributed by atoms with E-state index in [-0.39, 0.29) is 5.54 Å². The highest BCUT2D eigenvalue weighted by atomic mass is 16.2. The molecule has 0 radical (unpaired) electrons. The summed E-state index contributed by atoms with van der Waals surface area (Å²) >= 11 is 0. The van der Waals surface area contributed by atoms with Gasteiger partial charge < -0.3 is 10.2 Å². The molecule has 1 fully saturated rings. The van der Waals surface area contributed by atoms with E-state index in [2.05, 4.69) is 39.6 Å². The molecule has 18 heavy (non-hydrogen) atoms. The fraction of sp³-hybridized carbons (Fsp3) is 0.800. The Morgan fingerprint density at radius 1 is 1.50 bits per heavy atom. The van der Waals surface area contributed by atoms with Gasteiger partial charge in [0.2, 0.25) is 5.91 Å². The molecular formula is C15H28N2O. The molecular weight excluding hydrogens is 224 g/mol. The lowest BCUT2D eigenvalue weighted by atomic mass is 10.0. The van der Waals surface area contributed by atoms with Crippen molar-refractivity contribution in [1.82, 2.24) is 10.2 Å². The van der Waals surface area contributed by atoms with Gasteiger partial charge in [0.25, 0.3) is 0 Å². The molecule has 1 aliphatic rings. The van der Waals surface area contributed by atoms with Gasteiger partial charge in [-0.05, 0) is 38.7 Å². The van der Waals surface area contributed by atoms with E-state index in [4.69, 9.17) is 0 Å². The van der Waals surface area contributed by atoms with Crippen LogP contribution in [0.25, 0.3) is 0 Å². The number of nitrogens with one attached hydrogen (secondary N) is 1. The molecule has 1 heterocycles. The summed E-state index contributed by atoms with van der Waals surface area (Å²) in [7, 11) is 0. The van der Waals surface area contributed by atoms with E-state index in [1.54, 1.807) is 0 Å². The van der Waals surface area contributed by atoms with Crippen LogP contribution in [0.3, 0.4) is 0 Å². The van der Waals surface area contributed by atoms with Gasteiger partial charge in [-0.25, -0.2) is 0 Å². The van der Waals surface area contributed by atoms with Crippen LogP contribution in [0.4, 0.5) is 0 Å². The van der Waals surface area contributed by atoms with E-state index in [0.29, 0.717) is 18.4 Å². The molecule has 0 saturated carbocycles. The van der Waals surface area contributed by atoms with Gasteiger partial charge in [0.05, 0.1) is 0 Å². The highest BCUT2D eigenvalue weighted by molar-refractivity contribution is 5.78. The minimum absolute atomic E-state index is 0.0999. The number of nitrogens with zero attached hydrogens (tertiary/aromatic N) is 1. The van der Waals surface area contributed by atoms with Gasteiger partial charge in [0, 0.05) is 31.6 Å². The number of hydrogen-bond donors (Lipinski definition) is 1. The van der Waals surface area contributed by atoms with Crippen LogP contribution in [0.5, 0.6) is 0 Å². The summed E-state index contributed by atoms with van der Waals surface area (Å²) in [5, 5.41) is 3.41. The highest BCUT2D eigenvalue weighted by Crippen LogP contribution is 2.22. The predicted molar refractivity (Wildman–Crippen MR) is 76.5 cm³/mol. The zero-order chi connectivity index (χ0) is 13.8. The third-order valence-corrected chi connectivity index (χ3v) is 3.27. The molecule has 0 aliphatic carbocycles. The smallest absolute Gasteiger partial charge is 0.223 e. The number of rotatable bonds is 6. The van der Waals surface area contributed by atoms with E-state index in [9.17, 15) is 4.79 Å². The normalized spacial score (nSPS) is 20.6. The summed E-state index contributed by atoms with van der Waals surface area (Å²) in [5.74, 6) is 0.858. The maximum absolute atomic E-state index is 11.9. The van der Waals surface area contributed by atoms with Crippen molar-refractivity contribution in [3.8, 4) is 0 Å². The highest BCUT2D eigenvalue weighted by Gasteiger charge is 2.28. The van der Waals surface area contributed by atoms with Gasteiger partial charge in [-0.2, -0.15) is 0 Å². The minimum atomic E-state index is 0.0999. The summed E-state index contributed by atoms with van der Waals surface area (Å²) in [6, 6.07) is 0. The van der Waals surface area contributed by atoms with Crippen LogP contribution in [0.15, 0.2) is 12.2 Å². The molecule has 1 rings (SSSR count). The Bertz CT molecular complexity index is 304. The lowest BCUT2D eigenvalue weighted by Gasteiger charge is -2.23. The monoisotopic (exact) mass is 252 g/mol. The van der Waals surface area contributed by atoms with Crippen LogP contribution in [0, 0.1) is 5.92 Å². The van der Waals surface area contributed by atoms with E-state index in [1.807, 2.05) is 4.90 Å².